The molecule has 112 valence electrons. The van der Waals surface area contributed by atoms with Crippen molar-refractivity contribution in [3.8, 4) is 5.69 Å². The minimum absolute atomic E-state index is 0.142. The molecule has 1 aromatic heterocycles. The number of methoxy groups -OCH3 is 1. The average molecular weight is 311 g/mol. The molecular formula is C13H15ClN4O3. The molecule has 8 heteroatoms. The Morgan fingerprint density at radius 2 is 2.14 bits per heavy atom. The maximum absolute atomic E-state index is 12.0. The summed E-state index contributed by atoms with van der Waals surface area (Å²) in [5.41, 5.74) is 1.41. The van der Waals surface area contributed by atoms with E-state index >= 15 is 0 Å². The summed E-state index contributed by atoms with van der Waals surface area (Å²) in [7, 11) is 1.52. The van der Waals surface area contributed by atoms with Crippen molar-refractivity contribution in [2.45, 2.75) is 6.61 Å². The van der Waals surface area contributed by atoms with Crippen LogP contribution in [0.15, 0.2) is 24.3 Å². The van der Waals surface area contributed by atoms with Crippen LogP contribution in [0, 0.1) is 0 Å². The molecule has 1 heterocycles. The smallest absolute Gasteiger partial charge is 0.273 e. The van der Waals surface area contributed by atoms with Gasteiger partial charge in [0.2, 0.25) is 0 Å². The molecule has 1 amide bonds. The molecule has 0 aliphatic rings. The van der Waals surface area contributed by atoms with Gasteiger partial charge in [-0.05, 0) is 24.3 Å². The number of benzene rings is 1. The second-order valence-corrected chi connectivity index (χ2v) is 4.62. The number of ether oxygens (including phenoxy) is 1. The van der Waals surface area contributed by atoms with Gasteiger partial charge in [0, 0.05) is 18.7 Å². The highest BCUT2D eigenvalue weighted by Crippen LogP contribution is 2.17. The van der Waals surface area contributed by atoms with Crippen molar-refractivity contribution in [2.75, 3.05) is 20.3 Å². The molecule has 0 spiro atoms. The van der Waals surface area contributed by atoms with E-state index in [4.69, 9.17) is 21.4 Å². The molecule has 21 heavy (non-hydrogen) atoms. The normalized spacial score (nSPS) is 10.6. The standard InChI is InChI=1S/C13H15ClN4O3/c1-21-8-11-12(13(20)15-6-7-19)16-17-18(11)10-4-2-9(14)3-5-10/h2-5,19H,6-8H2,1H3,(H,15,20). The minimum atomic E-state index is -0.406. The topological polar surface area (TPSA) is 89.3 Å². The molecule has 1 aromatic carbocycles. The summed E-state index contributed by atoms with van der Waals surface area (Å²) in [6, 6.07) is 6.98. The maximum atomic E-state index is 12.0. The van der Waals surface area contributed by atoms with Crippen LogP contribution in [0.2, 0.25) is 5.02 Å². The Kier molecular flexibility index (Phi) is 5.26. The lowest BCUT2D eigenvalue weighted by molar-refractivity contribution is 0.0934. The Morgan fingerprint density at radius 3 is 2.76 bits per heavy atom. The van der Waals surface area contributed by atoms with Crippen molar-refractivity contribution >= 4 is 17.5 Å². The predicted molar refractivity (Wildman–Crippen MR) is 76.5 cm³/mol. The molecule has 2 N–H and O–H groups in total. The van der Waals surface area contributed by atoms with Crippen LogP contribution in [0.1, 0.15) is 16.2 Å². The molecule has 0 fully saturated rings. The number of nitrogens with zero attached hydrogens (tertiary/aromatic N) is 3. The third kappa shape index (κ3) is 3.57. The van der Waals surface area contributed by atoms with E-state index in [-0.39, 0.29) is 25.5 Å². The number of hydrogen-bond acceptors (Lipinski definition) is 5. The van der Waals surface area contributed by atoms with Gasteiger partial charge < -0.3 is 15.2 Å². The lowest BCUT2D eigenvalue weighted by atomic mass is 10.2. The van der Waals surface area contributed by atoms with Crippen molar-refractivity contribution in [1.29, 1.82) is 0 Å². The van der Waals surface area contributed by atoms with Gasteiger partial charge in [0.25, 0.3) is 5.91 Å². The monoisotopic (exact) mass is 310 g/mol. The number of carbonyl (C=O) groups excluding carboxylic acids is 1. The first-order valence-corrected chi connectivity index (χ1v) is 6.63. The lowest BCUT2D eigenvalue weighted by Gasteiger charge is -2.07. The van der Waals surface area contributed by atoms with Crippen molar-refractivity contribution in [3.05, 3.63) is 40.7 Å². The van der Waals surface area contributed by atoms with Gasteiger partial charge in [-0.15, -0.1) is 5.10 Å². The van der Waals surface area contributed by atoms with Crippen LogP contribution in [0.25, 0.3) is 5.69 Å². The molecule has 0 bridgehead atoms. The number of aliphatic hydroxyl groups excluding tert-OH is 1. The van der Waals surface area contributed by atoms with Crippen LogP contribution < -0.4 is 5.32 Å². The summed E-state index contributed by atoms with van der Waals surface area (Å²) >= 11 is 5.86. The Bertz CT molecular complexity index is 612. The molecule has 0 atom stereocenters. The van der Waals surface area contributed by atoms with Crippen molar-refractivity contribution in [2.24, 2.45) is 0 Å². The Morgan fingerprint density at radius 1 is 1.43 bits per heavy atom. The summed E-state index contributed by atoms with van der Waals surface area (Å²) in [5.74, 6) is -0.406. The number of amides is 1. The van der Waals surface area contributed by atoms with Crippen molar-refractivity contribution in [1.82, 2.24) is 20.3 Å². The first kappa shape index (κ1) is 15.4. The summed E-state index contributed by atoms with van der Waals surface area (Å²) in [6.07, 6.45) is 0. The van der Waals surface area contributed by atoms with E-state index in [2.05, 4.69) is 15.6 Å². The van der Waals surface area contributed by atoms with Crippen molar-refractivity contribution in [3.63, 3.8) is 0 Å². The van der Waals surface area contributed by atoms with Crippen LogP contribution in [0.3, 0.4) is 0 Å². The van der Waals surface area contributed by atoms with Gasteiger partial charge in [-0.2, -0.15) is 0 Å². The zero-order valence-corrected chi connectivity index (χ0v) is 12.2. The fourth-order valence-electron chi connectivity index (χ4n) is 1.79. The molecule has 0 aliphatic carbocycles. The third-order valence-corrected chi connectivity index (χ3v) is 2.98. The highest BCUT2D eigenvalue weighted by Gasteiger charge is 2.20. The Balaban J connectivity index is 2.36. The van der Waals surface area contributed by atoms with E-state index < -0.39 is 5.91 Å². The molecule has 2 aromatic rings. The minimum Gasteiger partial charge on any atom is -0.395 e. The second-order valence-electron chi connectivity index (χ2n) is 4.19. The van der Waals surface area contributed by atoms with E-state index in [0.717, 1.165) is 5.69 Å². The van der Waals surface area contributed by atoms with Gasteiger partial charge in [0.1, 0.15) is 5.69 Å². The fourth-order valence-corrected chi connectivity index (χ4v) is 1.91. The fraction of sp³-hybridized carbons (Fsp3) is 0.308. The summed E-state index contributed by atoms with van der Waals surface area (Å²) in [4.78, 5) is 12.0. The van der Waals surface area contributed by atoms with Crippen molar-refractivity contribution < 1.29 is 14.6 Å². The first-order chi connectivity index (χ1) is 10.2. The quantitative estimate of drug-likeness (QED) is 0.823. The first-order valence-electron chi connectivity index (χ1n) is 6.26. The molecule has 0 saturated heterocycles. The third-order valence-electron chi connectivity index (χ3n) is 2.73. The number of aliphatic hydroxyl groups is 1. The van der Waals surface area contributed by atoms with Crippen LogP contribution in [-0.2, 0) is 11.3 Å². The maximum Gasteiger partial charge on any atom is 0.273 e. The van der Waals surface area contributed by atoms with Crippen LogP contribution in [-0.4, -0.2) is 46.3 Å². The molecule has 7 nitrogen and oxygen atoms in total. The lowest BCUT2D eigenvalue weighted by Crippen LogP contribution is -2.27. The second kappa shape index (κ2) is 7.16. The van der Waals surface area contributed by atoms with E-state index in [1.165, 1.54) is 11.8 Å². The molecule has 0 unspecified atom stereocenters. The number of nitrogens with one attached hydrogen (secondary N) is 1. The van der Waals surface area contributed by atoms with E-state index in [9.17, 15) is 4.79 Å². The number of aromatic nitrogens is 3. The summed E-state index contributed by atoms with van der Waals surface area (Å²) in [5, 5.41) is 19.8. The van der Waals surface area contributed by atoms with Gasteiger partial charge in [0.05, 0.1) is 18.9 Å². The van der Waals surface area contributed by atoms with Crippen LogP contribution in [0.5, 0.6) is 0 Å². The molecule has 0 saturated carbocycles. The Hall–Kier alpha value is -1.96. The van der Waals surface area contributed by atoms with E-state index in [0.29, 0.717) is 10.7 Å². The summed E-state index contributed by atoms with van der Waals surface area (Å²) in [6.45, 7) is 0.188. The zero-order valence-electron chi connectivity index (χ0n) is 11.4. The number of hydrogen-bond donors (Lipinski definition) is 2. The van der Waals surface area contributed by atoms with Gasteiger partial charge >= 0.3 is 0 Å². The average Bonchev–Trinajstić information content (AvgIpc) is 2.90. The van der Waals surface area contributed by atoms with Gasteiger partial charge in [-0.25, -0.2) is 4.68 Å². The molecular weight excluding hydrogens is 296 g/mol. The predicted octanol–water partition coefficient (Wildman–Crippen LogP) is 0.789. The molecule has 0 aliphatic heterocycles. The van der Waals surface area contributed by atoms with Crippen LogP contribution >= 0.6 is 11.6 Å². The molecule has 2 rings (SSSR count). The molecule has 0 radical (unpaired) electrons. The van der Waals surface area contributed by atoms with E-state index in [1.807, 2.05) is 0 Å². The highest BCUT2D eigenvalue weighted by molar-refractivity contribution is 6.30. The highest BCUT2D eigenvalue weighted by atomic mass is 35.5. The largest absolute Gasteiger partial charge is 0.395 e. The van der Waals surface area contributed by atoms with Gasteiger partial charge in [0.15, 0.2) is 5.69 Å². The number of halogens is 1. The number of carbonyl (C=O) groups is 1. The van der Waals surface area contributed by atoms with Gasteiger partial charge in [-0.3, -0.25) is 4.79 Å². The van der Waals surface area contributed by atoms with Crippen LogP contribution in [0.4, 0.5) is 0 Å². The van der Waals surface area contributed by atoms with Gasteiger partial charge in [-0.1, -0.05) is 16.8 Å². The summed E-state index contributed by atoms with van der Waals surface area (Å²) < 4.78 is 6.63. The number of rotatable bonds is 6. The SMILES string of the molecule is COCc1c(C(=O)NCCO)nnn1-c1ccc(Cl)cc1. The van der Waals surface area contributed by atoms with E-state index in [1.54, 1.807) is 24.3 Å². The Labute approximate surface area is 126 Å². The zero-order chi connectivity index (χ0) is 15.2.